The van der Waals surface area contributed by atoms with Crippen molar-refractivity contribution >= 4 is 65.1 Å². The van der Waals surface area contributed by atoms with Gasteiger partial charge in [0.25, 0.3) is 21.6 Å². The fraction of sp³-hybridized carbons (Fsp3) is 0.156. The first-order valence-electron chi connectivity index (χ1n) is 13.8. The van der Waals surface area contributed by atoms with E-state index in [0.717, 1.165) is 40.5 Å². The number of halogens is 3. The van der Waals surface area contributed by atoms with Crippen LogP contribution in [-0.2, 0) is 40.9 Å². The van der Waals surface area contributed by atoms with E-state index in [0.29, 0.717) is 25.8 Å². The second-order valence-electron chi connectivity index (χ2n) is 10.5. The average molecular weight is 800 g/mol. The molecule has 1 heterocycles. The van der Waals surface area contributed by atoms with Crippen molar-refractivity contribution in [1.82, 2.24) is 9.62 Å². The van der Waals surface area contributed by atoms with Crippen LogP contribution in [-0.4, -0.2) is 30.2 Å². The number of nitro benzene ring substituents is 1. The molecular weight excluding hydrogens is 778 g/mol. The number of hydrogen-bond acceptors (Lipinski definition) is 9. The van der Waals surface area contributed by atoms with Crippen LogP contribution in [0.25, 0.3) is 0 Å². The van der Waals surface area contributed by atoms with Crippen molar-refractivity contribution in [2.75, 3.05) is 0 Å². The van der Waals surface area contributed by atoms with Crippen LogP contribution in [0.2, 0.25) is 5.02 Å². The number of nitrogens with zero attached hydrogens (tertiary/aromatic N) is 4. The summed E-state index contributed by atoms with van der Waals surface area (Å²) in [7, 11) is -4.52. The van der Waals surface area contributed by atoms with Gasteiger partial charge in [-0.25, -0.2) is 13.1 Å². The van der Waals surface area contributed by atoms with Gasteiger partial charge in [-0.1, -0.05) is 35.9 Å². The van der Waals surface area contributed by atoms with Gasteiger partial charge >= 0.3 is 0 Å². The standard InChI is InChI=1S/C32H22Br2ClN5O6S/c33-26-11-23-12-29(32(41)38-47(44,45)24-7-8-27(35)28(13-24)40(42)43)39(16-21-5-1-3-19(9-21)14-36)17-25(23)30(34)31(26)46-18-22-6-2-4-20(10-22)15-37/h1-11,13,29H,12,16-18H2,(H,38,41)/t29-/m0/s1. The van der Waals surface area contributed by atoms with E-state index in [4.69, 9.17) is 16.3 Å². The van der Waals surface area contributed by atoms with Crippen LogP contribution in [0.3, 0.4) is 0 Å². The highest BCUT2D eigenvalue weighted by molar-refractivity contribution is 9.11. The van der Waals surface area contributed by atoms with Crippen molar-refractivity contribution < 1.29 is 22.9 Å². The summed E-state index contributed by atoms with van der Waals surface area (Å²) in [4.78, 5) is 25.6. The number of benzene rings is 4. The van der Waals surface area contributed by atoms with Crippen LogP contribution in [0.4, 0.5) is 5.69 Å². The predicted molar refractivity (Wildman–Crippen MR) is 179 cm³/mol. The van der Waals surface area contributed by atoms with E-state index in [1.807, 2.05) is 12.1 Å². The summed E-state index contributed by atoms with van der Waals surface area (Å²) in [5.74, 6) is -0.331. The molecule has 1 aliphatic rings. The van der Waals surface area contributed by atoms with Crippen molar-refractivity contribution in [2.45, 2.75) is 37.1 Å². The first-order valence-corrected chi connectivity index (χ1v) is 17.2. The van der Waals surface area contributed by atoms with Gasteiger partial charge in [-0.05, 0) is 103 Å². The molecule has 0 unspecified atom stereocenters. The Labute approximate surface area is 291 Å². The van der Waals surface area contributed by atoms with Crippen LogP contribution in [0, 0.1) is 32.8 Å². The van der Waals surface area contributed by atoms with E-state index in [1.165, 1.54) is 0 Å². The molecule has 0 spiro atoms. The average Bonchev–Trinajstić information content (AvgIpc) is 3.04. The summed E-state index contributed by atoms with van der Waals surface area (Å²) in [5.41, 5.74) is 3.40. The number of nitrogens with one attached hydrogen (secondary N) is 1. The van der Waals surface area contributed by atoms with E-state index >= 15 is 0 Å². The fourth-order valence-corrected chi connectivity index (χ4v) is 7.95. The zero-order valence-electron chi connectivity index (χ0n) is 24.1. The van der Waals surface area contributed by atoms with Crippen LogP contribution >= 0.6 is 43.5 Å². The van der Waals surface area contributed by atoms with Crippen molar-refractivity contribution in [3.63, 3.8) is 0 Å². The Hall–Kier alpha value is -4.31. The third-order valence-corrected chi connectivity index (χ3v) is 10.5. The second-order valence-corrected chi connectivity index (χ2v) is 14.3. The molecule has 1 aliphatic heterocycles. The van der Waals surface area contributed by atoms with Crippen molar-refractivity contribution in [3.8, 4) is 17.9 Å². The predicted octanol–water partition coefficient (Wildman–Crippen LogP) is 6.53. The van der Waals surface area contributed by atoms with E-state index in [9.17, 15) is 33.9 Å². The molecule has 0 aliphatic carbocycles. The molecule has 4 aromatic rings. The Morgan fingerprint density at radius 1 is 1.04 bits per heavy atom. The molecule has 0 saturated heterocycles. The molecule has 0 radical (unpaired) electrons. The smallest absolute Gasteiger partial charge is 0.289 e. The summed E-state index contributed by atoms with van der Waals surface area (Å²) in [6.07, 6.45) is 0.108. The lowest BCUT2D eigenvalue weighted by Crippen LogP contribution is -2.51. The number of nitriles is 2. The summed E-state index contributed by atoms with van der Waals surface area (Å²) in [6, 6.07) is 21.9. The molecule has 0 bridgehead atoms. The Balaban J connectivity index is 1.47. The van der Waals surface area contributed by atoms with Gasteiger partial charge < -0.3 is 4.74 Å². The number of carbonyl (C=O) groups excluding carboxylic acids is 1. The van der Waals surface area contributed by atoms with Gasteiger partial charge in [-0.2, -0.15) is 10.5 Å². The monoisotopic (exact) mass is 797 g/mol. The number of fused-ring (bicyclic) bond motifs is 1. The molecule has 1 amide bonds. The molecule has 47 heavy (non-hydrogen) atoms. The molecule has 0 aromatic heterocycles. The molecule has 11 nitrogen and oxygen atoms in total. The second kappa shape index (κ2) is 14.2. The Morgan fingerprint density at radius 2 is 1.70 bits per heavy atom. The number of sulfonamides is 1. The lowest BCUT2D eigenvalue weighted by atomic mass is 9.92. The van der Waals surface area contributed by atoms with Gasteiger partial charge in [0.2, 0.25) is 0 Å². The maximum Gasteiger partial charge on any atom is 0.289 e. The lowest BCUT2D eigenvalue weighted by Gasteiger charge is -2.37. The molecule has 238 valence electrons. The van der Waals surface area contributed by atoms with E-state index < -0.39 is 37.5 Å². The lowest BCUT2D eigenvalue weighted by molar-refractivity contribution is -0.384. The van der Waals surface area contributed by atoms with Gasteiger partial charge in [-0.3, -0.25) is 19.8 Å². The highest BCUT2D eigenvalue weighted by atomic mass is 79.9. The maximum atomic E-state index is 13.7. The van der Waals surface area contributed by atoms with Gasteiger partial charge in [0, 0.05) is 19.2 Å². The number of nitro groups is 1. The summed E-state index contributed by atoms with van der Waals surface area (Å²) < 4.78 is 36.0. The third-order valence-electron chi connectivity index (χ3n) is 7.43. The molecule has 15 heteroatoms. The zero-order chi connectivity index (χ0) is 33.9. The van der Waals surface area contributed by atoms with Gasteiger partial charge in [0.1, 0.15) is 17.4 Å². The Morgan fingerprint density at radius 3 is 2.36 bits per heavy atom. The fourth-order valence-electron chi connectivity index (χ4n) is 5.17. The molecular formula is C32H22Br2ClN5O6S. The largest absolute Gasteiger partial charge is 0.487 e. The highest BCUT2D eigenvalue weighted by Gasteiger charge is 2.36. The van der Waals surface area contributed by atoms with E-state index in [2.05, 4.69) is 48.7 Å². The number of ether oxygens (including phenoxy) is 1. The minimum atomic E-state index is -4.52. The molecule has 4 aromatic carbocycles. The quantitative estimate of drug-likeness (QED) is 0.146. The highest BCUT2D eigenvalue weighted by Crippen LogP contribution is 2.42. The Bertz CT molecular complexity index is 2120. The SMILES string of the molecule is N#Cc1cccc(COc2c(Br)cc3c(c2Br)CN(Cc2cccc(C#N)c2)[C@H](C(=O)NS(=O)(=O)c2ccc(Cl)c([N+](=O)[O-])c2)C3)c1. The number of hydrogen-bond donors (Lipinski definition) is 1. The molecule has 0 fully saturated rings. The van der Waals surface area contributed by atoms with Gasteiger partial charge in [0.15, 0.2) is 0 Å². The summed E-state index contributed by atoms with van der Waals surface area (Å²) in [5, 5.41) is 29.8. The summed E-state index contributed by atoms with van der Waals surface area (Å²) in [6.45, 7) is 0.575. The van der Waals surface area contributed by atoms with Crippen molar-refractivity contribution in [1.29, 1.82) is 10.5 Å². The third kappa shape index (κ3) is 7.64. The minimum absolute atomic E-state index is 0.108. The molecule has 5 rings (SSSR count). The molecule has 1 N–H and O–H groups in total. The van der Waals surface area contributed by atoms with Crippen LogP contribution in [0.5, 0.6) is 5.75 Å². The molecule has 0 saturated carbocycles. The molecule has 1 atom stereocenters. The van der Waals surface area contributed by atoms with Crippen molar-refractivity contribution in [2.24, 2.45) is 0 Å². The van der Waals surface area contributed by atoms with Crippen LogP contribution in [0.1, 0.15) is 33.4 Å². The summed E-state index contributed by atoms with van der Waals surface area (Å²) >= 11 is 13.1. The van der Waals surface area contributed by atoms with Crippen LogP contribution < -0.4 is 9.46 Å². The van der Waals surface area contributed by atoms with E-state index in [-0.39, 0.29) is 31.1 Å². The topological polar surface area (TPSA) is 166 Å². The van der Waals surface area contributed by atoms with E-state index in [1.54, 1.807) is 47.4 Å². The first kappa shape index (κ1) is 34.0. The van der Waals surface area contributed by atoms with Gasteiger partial charge in [0.05, 0.1) is 48.1 Å². The van der Waals surface area contributed by atoms with Crippen LogP contribution in [0.15, 0.2) is 86.6 Å². The number of carbonyl (C=O) groups is 1. The van der Waals surface area contributed by atoms with Crippen molar-refractivity contribution in [3.05, 3.63) is 130 Å². The Kier molecular flexibility index (Phi) is 10.3. The number of rotatable bonds is 9. The number of amides is 1. The first-order chi connectivity index (χ1) is 22.4. The normalized spacial score (nSPS) is 14.4. The zero-order valence-corrected chi connectivity index (χ0v) is 28.9. The van der Waals surface area contributed by atoms with Gasteiger partial charge in [-0.15, -0.1) is 0 Å². The maximum absolute atomic E-state index is 13.7. The minimum Gasteiger partial charge on any atom is -0.487 e.